The molecular formula is C13H14IN3O5S. The molecule has 0 aromatic carbocycles. The summed E-state index contributed by atoms with van der Waals surface area (Å²) in [6.07, 6.45) is -3.30. The molecule has 5 N–H and O–H groups in total. The minimum atomic E-state index is -1.36. The van der Waals surface area contributed by atoms with Gasteiger partial charge in [0.05, 0.1) is 15.1 Å². The molecule has 3 heterocycles. The van der Waals surface area contributed by atoms with E-state index in [4.69, 9.17) is 15.6 Å². The van der Waals surface area contributed by atoms with E-state index in [1.807, 2.05) is 12.1 Å². The number of nitrogens with two attached hydrogens (primary N) is 1. The van der Waals surface area contributed by atoms with Gasteiger partial charge in [0, 0.05) is 11.1 Å². The first-order valence-electron chi connectivity index (χ1n) is 6.69. The van der Waals surface area contributed by atoms with Gasteiger partial charge in [0.25, 0.3) is 0 Å². The zero-order chi connectivity index (χ0) is 16.7. The average molecular weight is 451 g/mol. The van der Waals surface area contributed by atoms with Crippen LogP contribution in [0.2, 0.25) is 0 Å². The number of thiophene rings is 1. The number of aliphatic hydroxyl groups is 3. The second kappa shape index (κ2) is 6.45. The van der Waals surface area contributed by atoms with Gasteiger partial charge in [-0.2, -0.15) is 4.98 Å². The van der Waals surface area contributed by atoms with Crippen molar-refractivity contribution >= 4 is 39.7 Å². The number of nitrogen functional groups attached to an aromatic ring is 1. The van der Waals surface area contributed by atoms with E-state index in [2.05, 4.69) is 27.6 Å². The highest BCUT2D eigenvalue weighted by atomic mass is 127. The second-order valence-electron chi connectivity index (χ2n) is 5.06. The molecular weight excluding hydrogens is 437 g/mol. The fourth-order valence-electron chi connectivity index (χ4n) is 2.42. The van der Waals surface area contributed by atoms with Crippen molar-refractivity contribution in [2.75, 3.05) is 12.3 Å². The summed E-state index contributed by atoms with van der Waals surface area (Å²) in [6, 6.07) is 3.76. The van der Waals surface area contributed by atoms with Crippen molar-refractivity contribution in [2.45, 2.75) is 24.5 Å². The van der Waals surface area contributed by atoms with E-state index >= 15 is 0 Å². The average Bonchev–Trinajstić information content (AvgIpc) is 3.05. The van der Waals surface area contributed by atoms with Gasteiger partial charge in [-0.25, -0.2) is 4.79 Å². The first kappa shape index (κ1) is 16.8. The van der Waals surface area contributed by atoms with Gasteiger partial charge in [0.1, 0.15) is 24.1 Å². The van der Waals surface area contributed by atoms with Gasteiger partial charge < -0.3 is 25.8 Å². The van der Waals surface area contributed by atoms with Gasteiger partial charge in [-0.1, -0.05) is 0 Å². The summed E-state index contributed by atoms with van der Waals surface area (Å²) in [7, 11) is 0. The van der Waals surface area contributed by atoms with E-state index in [-0.39, 0.29) is 5.82 Å². The molecule has 1 saturated heterocycles. The normalized spacial score (nSPS) is 27.5. The summed E-state index contributed by atoms with van der Waals surface area (Å²) in [6.45, 7) is -0.470. The number of halogens is 1. The second-order valence-corrected chi connectivity index (χ2v) is 8.04. The molecule has 1 aliphatic rings. The Labute approximate surface area is 148 Å². The molecule has 124 valence electrons. The Kier molecular flexibility index (Phi) is 4.71. The third-order valence-electron chi connectivity index (χ3n) is 3.61. The molecule has 0 spiro atoms. The fraction of sp³-hybridized carbons (Fsp3) is 0.385. The van der Waals surface area contributed by atoms with Crippen LogP contribution >= 0.6 is 33.9 Å². The highest BCUT2D eigenvalue weighted by molar-refractivity contribution is 14.1. The quantitative estimate of drug-likeness (QED) is 0.475. The first-order chi connectivity index (χ1) is 10.9. The first-order valence-corrected chi connectivity index (χ1v) is 8.58. The maximum Gasteiger partial charge on any atom is 0.351 e. The summed E-state index contributed by atoms with van der Waals surface area (Å²) in [5.41, 5.74) is 5.67. The van der Waals surface area contributed by atoms with Crippen LogP contribution < -0.4 is 11.4 Å². The molecule has 23 heavy (non-hydrogen) atoms. The number of aromatic nitrogens is 2. The Hall–Kier alpha value is -1.05. The van der Waals surface area contributed by atoms with Crippen molar-refractivity contribution in [1.82, 2.24) is 9.55 Å². The summed E-state index contributed by atoms with van der Waals surface area (Å²) in [5.74, 6) is 0.0799. The van der Waals surface area contributed by atoms with Crippen LogP contribution in [0.1, 0.15) is 6.23 Å². The summed E-state index contributed by atoms with van der Waals surface area (Å²) in [5, 5.41) is 29.0. The summed E-state index contributed by atoms with van der Waals surface area (Å²) < 4.78 is 7.50. The third-order valence-corrected chi connectivity index (χ3v) is 5.54. The predicted molar refractivity (Wildman–Crippen MR) is 91.9 cm³/mol. The number of hydrogen-bond acceptors (Lipinski definition) is 8. The van der Waals surface area contributed by atoms with E-state index in [0.29, 0.717) is 5.56 Å². The summed E-state index contributed by atoms with van der Waals surface area (Å²) in [4.78, 5) is 16.7. The van der Waals surface area contributed by atoms with Crippen LogP contribution in [0.4, 0.5) is 5.82 Å². The molecule has 0 bridgehead atoms. The molecule has 2 aromatic heterocycles. The Balaban J connectivity index is 2.05. The molecule has 1 aliphatic heterocycles. The number of anilines is 1. The Bertz CT molecular complexity index is 779. The Morgan fingerprint density at radius 3 is 2.70 bits per heavy atom. The monoisotopic (exact) mass is 451 g/mol. The van der Waals surface area contributed by atoms with Gasteiger partial charge >= 0.3 is 5.69 Å². The lowest BCUT2D eigenvalue weighted by Gasteiger charge is -2.18. The van der Waals surface area contributed by atoms with Crippen LogP contribution in [0.5, 0.6) is 0 Å². The van der Waals surface area contributed by atoms with Crippen molar-refractivity contribution in [2.24, 2.45) is 0 Å². The van der Waals surface area contributed by atoms with Gasteiger partial charge in [0.15, 0.2) is 6.23 Å². The summed E-state index contributed by atoms with van der Waals surface area (Å²) >= 11 is 3.65. The van der Waals surface area contributed by atoms with Crippen LogP contribution in [0.3, 0.4) is 0 Å². The lowest BCUT2D eigenvalue weighted by atomic mass is 10.1. The van der Waals surface area contributed by atoms with Gasteiger partial charge in [-0.05, 0) is 34.7 Å². The molecule has 0 amide bonds. The minimum absolute atomic E-state index is 0.0799. The smallest absolute Gasteiger partial charge is 0.351 e. The van der Waals surface area contributed by atoms with E-state index in [1.165, 1.54) is 17.5 Å². The fourth-order valence-corrected chi connectivity index (χ4v) is 4.06. The van der Waals surface area contributed by atoms with Gasteiger partial charge in [-0.15, -0.1) is 11.3 Å². The molecule has 0 aliphatic carbocycles. The molecule has 8 nitrogen and oxygen atoms in total. The van der Waals surface area contributed by atoms with Crippen molar-refractivity contribution < 1.29 is 20.1 Å². The lowest BCUT2D eigenvalue weighted by Crippen LogP contribution is -2.36. The van der Waals surface area contributed by atoms with Gasteiger partial charge in [0.2, 0.25) is 0 Å². The zero-order valence-electron chi connectivity index (χ0n) is 11.7. The number of aliphatic hydroxyl groups excluding tert-OH is 3. The van der Waals surface area contributed by atoms with Crippen molar-refractivity contribution in [3.05, 3.63) is 31.7 Å². The zero-order valence-corrected chi connectivity index (χ0v) is 14.6. The Morgan fingerprint density at radius 2 is 2.13 bits per heavy atom. The number of rotatable bonds is 3. The molecule has 2 aromatic rings. The highest BCUT2D eigenvalue weighted by Gasteiger charge is 2.44. The Morgan fingerprint density at radius 1 is 1.39 bits per heavy atom. The molecule has 1 fully saturated rings. The van der Waals surface area contributed by atoms with Crippen molar-refractivity contribution in [3.63, 3.8) is 0 Å². The molecule has 0 radical (unpaired) electrons. The highest BCUT2D eigenvalue weighted by Crippen LogP contribution is 2.33. The van der Waals surface area contributed by atoms with E-state index in [9.17, 15) is 15.0 Å². The number of hydrogen-bond donors (Lipinski definition) is 4. The lowest BCUT2D eigenvalue weighted by molar-refractivity contribution is -0.0548. The van der Waals surface area contributed by atoms with Crippen LogP contribution in [0.25, 0.3) is 10.4 Å². The number of nitrogens with zero attached hydrogens (tertiary/aromatic N) is 2. The standard InChI is InChI=1S/C13H14IN3O5S/c14-8-2-1-7(23-8)5-3-17(13(21)16-11(5)15)12-10(20)9(19)6(4-18)22-12/h1-3,6,9-10,12,18-20H,4H2,(H2,15,16,21)/t6-,9-,10+,12-/m0/s1. The maximum atomic E-state index is 12.1. The van der Waals surface area contributed by atoms with E-state index in [0.717, 1.165) is 12.3 Å². The molecule has 0 saturated carbocycles. The van der Waals surface area contributed by atoms with E-state index in [1.54, 1.807) is 0 Å². The SMILES string of the molecule is Nc1nc(=O)n([C@H]2O[C@@H](CO)[C@H](O)[C@H]2O)cc1-c1ccc(I)s1. The van der Waals surface area contributed by atoms with Crippen LogP contribution in [0, 0.1) is 2.88 Å². The number of ether oxygens (including phenoxy) is 1. The van der Waals surface area contributed by atoms with Crippen LogP contribution in [-0.2, 0) is 4.74 Å². The topological polar surface area (TPSA) is 131 Å². The van der Waals surface area contributed by atoms with Crippen molar-refractivity contribution in [3.8, 4) is 10.4 Å². The molecule has 4 atom stereocenters. The van der Waals surface area contributed by atoms with Gasteiger partial charge in [-0.3, -0.25) is 4.57 Å². The van der Waals surface area contributed by atoms with Crippen molar-refractivity contribution in [1.29, 1.82) is 0 Å². The predicted octanol–water partition coefficient (Wildman–Crippen LogP) is -0.230. The molecule has 0 unspecified atom stereocenters. The third kappa shape index (κ3) is 3.02. The largest absolute Gasteiger partial charge is 0.394 e. The molecule has 3 rings (SSSR count). The molecule has 10 heteroatoms. The van der Waals surface area contributed by atoms with Crippen LogP contribution in [-0.4, -0.2) is 49.8 Å². The minimum Gasteiger partial charge on any atom is -0.394 e. The van der Waals surface area contributed by atoms with E-state index < -0.39 is 36.8 Å². The van der Waals surface area contributed by atoms with Crippen LogP contribution in [0.15, 0.2) is 23.1 Å². The maximum absolute atomic E-state index is 12.1.